The smallest absolute Gasteiger partial charge is 0.183 e. The Labute approximate surface area is 185 Å². The molecule has 0 amide bonds. The van der Waals surface area contributed by atoms with E-state index < -0.39 is 0 Å². The van der Waals surface area contributed by atoms with Crippen molar-refractivity contribution in [2.24, 2.45) is 0 Å². The molecule has 0 aliphatic heterocycles. The van der Waals surface area contributed by atoms with Crippen molar-refractivity contribution in [2.45, 2.75) is 19.9 Å². The molecule has 4 aromatic rings. The van der Waals surface area contributed by atoms with E-state index in [1.165, 1.54) is 10.4 Å². The molecule has 0 aliphatic carbocycles. The molecule has 0 saturated heterocycles. The largest absolute Gasteiger partial charge is 0.357 e. The summed E-state index contributed by atoms with van der Waals surface area (Å²) in [5.41, 5.74) is 5.49. The minimum absolute atomic E-state index is 0.631. The molecule has 146 valence electrons. The van der Waals surface area contributed by atoms with Crippen LogP contribution in [0.25, 0.3) is 11.3 Å². The van der Waals surface area contributed by atoms with Crippen LogP contribution in [0.15, 0.2) is 72.8 Å². The molecule has 0 bridgehead atoms. The van der Waals surface area contributed by atoms with Crippen molar-refractivity contribution < 1.29 is 0 Å². The second kappa shape index (κ2) is 9.00. The Morgan fingerprint density at radius 1 is 0.828 bits per heavy atom. The van der Waals surface area contributed by atoms with Gasteiger partial charge < -0.3 is 5.32 Å². The van der Waals surface area contributed by atoms with E-state index in [0.717, 1.165) is 44.0 Å². The van der Waals surface area contributed by atoms with Crippen molar-refractivity contribution in [2.75, 3.05) is 5.32 Å². The lowest BCUT2D eigenvalue weighted by Crippen LogP contribution is -1.99. The predicted octanol–water partition coefficient (Wildman–Crippen LogP) is 7.63. The van der Waals surface area contributed by atoms with Gasteiger partial charge in [0.25, 0.3) is 0 Å². The highest BCUT2D eigenvalue weighted by atomic mass is 35.5. The standard InChI is InChI=1S/C24H20Cl2N2S/c1-16-10-12-17(13-11-16)23-22(14-18-6-2-4-8-20(18)25)29-24(28-23)27-15-19-7-3-5-9-21(19)26/h2-13H,14-15H2,1H3,(H,27,28). The Hall–Kier alpha value is -2.33. The van der Waals surface area contributed by atoms with Crippen LogP contribution in [0, 0.1) is 6.92 Å². The summed E-state index contributed by atoms with van der Waals surface area (Å²) in [6.45, 7) is 2.72. The van der Waals surface area contributed by atoms with E-state index in [4.69, 9.17) is 28.2 Å². The summed E-state index contributed by atoms with van der Waals surface area (Å²) in [6, 6.07) is 24.3. The second-order valence-electron chi connectivity index (χ2n) is 6.87. The van der Waals surface area contributed by atoms with Gasteiger partial charge in [0, 0.05) is 33.5 Å². The predicted molar refractivity (Wildman–Crippen MR) is 125 cm³/mol. The van der Waals surface area contributed by atoms with E-state index in [2.05, 4.69) is 42.6 Å². The van der Waals surface area contributed by atoms with Crippen LogP contribution in [-0.4, -0.2) is 4.98 Å². The van der Waals surface area contributed by atoms with Crippen LogP contribution in [-0.2, 0) is 13.0 Å². The molecule has 0 radical (unpaired) electrons. The fraction of sp³-hybridized carbons (Fsp3) is 0.125. The molecule has 29 heavy (non-hydrogen) atoms. The van der Waals surface area contributed by atoms with Gasteiger partial charge in [-0.05, 0) is 30.2 Å². The molecule has 0 saturated carbocycles. The van der Waals surface area contributed by atoms with Gasteiger partial charge in [0.1, 0.15) is 0 Å². The summed E-state index contributed by atoms with van der Waals surface area (Å²) >= 11 is 14.4. The highest BCUT2D eigenvalue weighted by molar-refractivity contribution is 7.16. The van der Waals surface area contributed by atoms with Crippen molar-refractivity contribution >= 4 is 39.7 Å². The SMILES string of the molecule is Cc1ccc(-c2nc(NCc3ccccc3Cl)sc2Cc2ccccc2Cl)cc1. The summed E-state index contributed by atoms with van der Waals surface area (Å²) < 4.78 is 0. The Kier molecular flexibility index (Phi) is 6.19. The zero-order valence-electron chi connectivity index (χ0n) is 16.0. The maximum Gasteiger partial charge on any atom is 0.183 e. The molecule has 3 aromatic carbocycles. The minimum Gasteiger partial charge on any atom is -0.357 e. The third-order valence-corrected chi connectivity index (χ3v) is 6.47. The van der Waals surface area contributed by atoms with E-state index in [9.17, 15) is 0 Å². The molecule has 0 spiro atoms. The van der Waals surface area contributed by atoms with Crippen LogP contribution in [0.4, 0.5) is 5.13 Å². The number of halogens is 2. The van der Waals surface area contributed by atoms with Crippen LogP contribution in [0.3, 0.4) is 0 Å². The lowest BCUT2D eigenvalue weighted by Gasteiger charge is -2.05. The summed E-state index contributed by atoms with van der Waals surface area (Å²) in [6.07, 6.45) is 0.744. The van der Waals surface area contributed by atoms with E-state index in [1.807, 2.05) is 42.5 Å². The van der Waals surface area contributed by atoms with Gasteiger partial charge in [-0.15, -0.1) is 11.3 Å². The minimum atomic E-state index is 0.631. The maximum absolute atomic E-state index is 6.41. The Balaban J connectivity index is 1.65. The summed E-state index contributed by atoms with van der Waals surface area (Å²) in [7, 11) is 0. The number of aryl methyl sites for hydroxylation is 1. The van der Waals surface area contributed by atoms with E-state index >= 15 is 0 Å². The van der Waals surface area contributed by atoms with Crippen LogP contribution >= 0.6 is 34.5 Å². The average molecular weight is 439 g/mol. The molecular formula is C24H20Cl2N2S. The van der Waals surface area contributed by atoms with Gasteiger partial charge in [-0.1, -0.05) is 89.4 Å². The van der Waals surface area contributed by atoms with E-state index in [0.29, 0.717) is 6.54 Å². The third-order valence-electron chi connectivity index (χ3n) is 4.72. The molecule has 2 nitrogen and oxygen atoms in total. The van der Waals surface area contributed by atoms with E-state index in [-0.39, 0.29) is 0 Å². The third kappa shape index (κ3) is 4.81. The molecule has 1 N–H and O–H groups in total. The van der Waals surface area contributed by atoms with Crippen LogP contribution in [0.1, 0.15) is 21.6 Å². The molecule has 4 rings (SSSR count). The number of anilines is 1. The number of thiazole rings is 1. The van der Waals surface area contributed by atoms with Crippen LogP contribution in [0.2, 0.25) is 10.0 Å². The molecule has 0 aliphatic rings. The maximum atomic E-state index is 6.41. The summed E-state index contributed by atoms with van der Waals surface area (Å²) in [4.78, 5) is 6.09. The monoisotopic (exact) mass is 438 g/mol. The zero-order valence-corrected chi connectivity index (χ0v) is 18.3. The normalized spacial score (nSPS) is 10.9. The van der Waals surface area contributed by atoms with Crippen molar-refractivity contribution in [3.8, 4) is 11.3 Å². The Bertz CT molecular complexity index is 1120. The fourth-order valence-corrected chi connectivity index (χ4v) is 4.52. The highest BCUT2D eigenvalue weighted by Crippen LogP contribution is 2.34. The molecule has 0 atom stereocenters. The molecule has 1 aromatic heterocycles. The number of rotatable bonds is 6. The molecular weight excluding hydrogens is 419 g/mol. The molecule has 5 heteroatoms. The number of hydrogen-bond acceptors (Lipinski definition) is 3. The Morgan fingerprint density at radius 3 is 2.10 bits per heavy atom. The number of benzene rings is 3. The van der Waals surface area contributed by atoms with E-state index in [1.54, 1.807) is 11.3 Å². The van der Waals surface area contributed by atoms with Gasteiger partial charge in [0.05, 0.1) is 5.69 Å². The fourth-order valence-electron chi connectivity index (χ4n) is 3.11. The zero-order chi connectivity index (χ0) is 20.2. The molecule has 1 heterocycles. The average Bonchev–Trinajstić information content (AvgIpc) is 3.12. The lowest BCUT2D eigenvalue weighted by atomic mass is 10.1. The number of hydrogen-bond donors (Lipinski definition) is 1. The first-order valence-corrected chi connectivity index (χ1v) is 10.9. The highest BCUT2D eigenvalue weighted by Gasteiger charge is 2.15. The van der Waals surface area contributed by atoms with Gasteiger partial charge >= 0.3 is 0 Å². The van der Waals surface area contributed by atoms with Gasteiger partial charge in [-0.25, -0.2) is 4.98 Å². The van der Waals surface area contributed by atoms with Crippen molar-refractivity contribution in [3.05, 3.63) is 104 Å². The first kappa shape index (κ1) is 20.0. The topological polar surface area (TPSA) is 24.9 Å². The number of aromatic nitrogens is 1. The van der Waals surface area contributed by atoms with Crippen LogP contribution in [0.5, 0.6) is 0 Å². The van der Waals surface area contributed by atoms with Crippen LogP contribution < -0.4 is 5.32 Å². The Morgan fingerprint density at radius 2 is 1.45 bits per heavy atom. The molecule has 0 unspecified atom stereocenters. The van der Waals surface area contributed by atoms with Crippen molar-refractivity contribution in [3.63, 3.8) is 0 Å². The van der Waals surface area contributed by atoms with Gasteiger partial charge in [-0.2, -0.15) is 0 Å². The quantitative estimate of drug-likeness (QED) is 0.334. The van der Waals surface area contributed by atoms with Crippen molar-refractivity contribution in [1.29, 1.82) is 0 Å². The first-order valence-electron chi connectivity index (χ1n) is 9.37. The second-order valence-corrected chi connectivity index (χ2v) is 8.77. The number of nitrogens with one attached hydrogen (secondary N) is 1. The van der Waals surface area contributed by atoms with Gasteiger partial charge in [0.2, 0.25) is 0 Å². The summed E-state index contributed by atoms with van der Waals surface area (Å²) in [5, 5.41) is 5.85. The first-order chi connectivity index (χ1) is 14.1. The lowest BCUT2D eigenvalue weighted by molar-refractivity contribution is 1.13. The number of nitrogens with zero attached hydrogens (tertiary/aromatic N) is 1. The van der Waals surface area contributed by atoms with Gasteiger partial charge in [-0.3, -0.25) is 0 Å². The molecule has 0 fully saturated rings. The summed E-state index contributed by atoms with van der Waals surface area (Å²) in [5.74, 6) is 0. The van der Waals surface area contributed by atoms with Crippen molar-refractivity contribution in [1.82, 2.24) is 4.98 Å². The van der Waals surface area contributed by atoms with Gasteiger partial charge in [0.15, 0.2) is 5.13 Å².